The topological polar surface area (TPSA) is 85.7 Å². The Hall–Kier alpha value is -2.82. The highest BCUT2D eigenvalue weighted by Gasteiger charge is 2.33. The van der Waals surface area contributed by atoms with Crippen LogP contribution >= 0.6 is 0 Å². The maximum Gasteiger partial charge on any atom is 0.414 e. The second-order valence-electron chi connectivity index (χ2n) is 6.98. The van der Waals surface area contributed by atoms with E-state index in [4.69, 9.17) is 10.00 Å². The number of benzene rings is 1. The molecule has 2 aliphatic rings. The molecule has 1 N–H and O–H groups in total. The highest BCUT2D eigenvalue weighted by Crippen LogP contribution is 2.31. The number of halogens is 1. The number of nitrogens with one attached hydrogen (secondary N) is 1. The Balaban J connectivity index is 1.64. The van der Waals surface area contributed by atoms with Crippen molar-refractivity contribution in [2.75, 3.05) is 36.0 Å². The van der Waals surface area contributed by atoms with Crippen molar-refractivity contribution in [1.29, 1.82) is 5.26 Å². The van der Waals surface area contributed by atoms with Crippen molar-refractivity contribution in [3.63, 3.8) is 0 Å². The van der Waals surface area contributed by atoms with Crippen molar-refractivity contribution in [2.45, 2.75) is 32.3 Å². The number of ether oxygens (including phenoxy) is 1. The van der Waals surface area contributed by atoms with Crippen LogP contribution in [0.1, 0.15) is 26.2 Å². The maximum absolute atomic E-state index is 14.7. The fourth-order valence-corrected chi connectivity index (χ4v) is 3.52. The van der Waals surface area contributed by atoms with Crippen molar-refractivity contribution in [3.05, 3.63) is 24.0 Å². The molecule has 2 amide bonds. The zero-order valence-corrected chi connectivity index (χ0v) is 15.3. The van der Waals surface area contributed by atoms with E-state index < -0.39 is 12.2 Å². The molecule has 0 bridgehead atoms. The van der Waals surface area contributed by atoms with E-state index in [1.54, 1.807) is 12.1 Å². The average Bonchev–Trinajstić information content (AvgIpc) is 3.02. The lowest BCUT2D eigenvalue weighted by Crippen LogP contribution is -2.34. The van der Waals surface area contributed by atoms with Gasteiger partial charge in [0.15, 0.2) is 0 Å². The van der Waals surface area contributed by atoms with Gasteiger partial charge in [-0.3, -0.25) is 9.69 Å². The zero-order chi connectivity index (χ0) is 19.4. The molecule has 2 fully saturated rings. The van der Waals surface area contributed by atoms with Gasteiger partial charge >= 0.3 is 6.09 Å². The standard InChI is InChI=1S/C19H23FN4O3/c1-13(25)22-11-16-12-24(19(26)27-16)15-2-3-18(17(20)10-15)23-8-5-14(4-7-21)6-9-23/h2-3,10,14,16H,4-6,8-9,11-12H2,1H3,(H,22,25)/t16-/m0/s1. The van der Waals surface area contributed by atoms with Gasteiger partial charge in [-0.25, -0.2) is 9.18 Å². The monoisotopic (exact) mass is 374 g/mol. The number of piperidine rings is 1. The van der Waals surface area contributed by atoms with Crippen LogP contribution in [0.2, 0.25) is 0 Å². The molecule has 0 radical (unpaired) electrons. The van der Waals surface area contributed by atoms with Gasteiger partial charge in [0.25, 0.3) is 0 Å². The Labute approximate surface area is 157 Å². The number of nitrogens with zero attached hydrogens (tertiary/aromatic N) is 3. The summed E-state index contributed by atoms with van der Waals surface area (Å²) in [5.74, 6) is -0.198. The Bertz CT molecular complexity index is 756. The summed E-state index contributed by atoms with van der Waals surface area (Å²) in [5.41, 5.74) is 0.947. The van der Waals surface area contributed by atoms with Crippen molar-refractivity contribution in [3.8, 4) is 6.07 Å². The summed E-state index contributed by atoms with van der Waals surface area (Å²) in [4.78, 5) is 26.4. The van der Waals surface area contributed by atoms with Gasteiger partial charge in [-0.2, -0.15) is 5.26 Å². The molecule has 8 heteroatoms. The van der Waals surface area contributed by atoms with Crippen LogP contribution in [0, 0.1) is 23.1 Å². The molecular weight excluding hydrogens is 351 g/mol. The minimum atomic E-state index is -0.546. The Morgan fingerprint density at radius 2 is 2.15 bits per heavy atom. The first-order valence-corrected chi connectivity index (χ1v) is 9.12. The van der Waals surface area contributed by atoms with Crippen LogP contribution in [0.25, 0.3) is 0 Å². The van der Waals surface area contributed by atoms with Crippen LogP contribution in [0.5, 0.6) is 0 Å². The van der Waals surface area contributed by atoms with Crippen LogP contribution in [0.15, 0.2) is 18.2 Å². The van der Waals surface area contributed by atoms with Crippen molar-refractivity contribution in [2.24, 2.45) is 5.92 Å². The minimum absolute atomic E-state index is 0.196. The Morgan fingerprint density at radius 3 is 2.78 bits per heavy atom. The van der Waals surface area contributed by atoms with E-state index in [0.717, 1.165) is 12.8 Å². The van der Waals surface area contributed by atoms with E-state index in [1.807, 2.05) is 4.90 Å². The molecule has 2 heterocycles. The third-order valence-electron chi connectivity index (χ3n) is 5.03. The van der Waals surface area contributed by atoms with Gasteiger partial charge in [0, 0.05) is 26.4 Å². The van der Waals surface area contributed by atoms with Gasteiger partial charge in [0.2, 0.25) is 5.91 Å². The van der Waals surface area contributed by atoms with E-state index in [2.05, 4.69) is 11.4 Å². The number of hydrogen-bond donors (Lipinski definition) is 1. The van der Waals surface area contributed by atoms with Crippen LogP contribution in [0.4, 0.5) is 20.6 Å². The fraction of sp³-hybridized carbons (Fsp3) is 0.526. The maximum atomic E-state index is 14.7. The number of cyclic esters (lactones) is 1. The molecule has 2 saturated heterocycles. The number of rotatable bonds is 5. The van der Waals surface area contributed by atoms with E-state index in [9.17, 15) is 14.0 Å². The quantitative estimate of drug-likeness (QED) is 0.855. The lowest BCUT2D eigenvalue weighted by molar-refractivity contribution is -0.119. The summed E-state index contributed by atoms with van der Waals surface area (Å²) >= 11 is 0. The molecule has 0 aliphatic carbocycles. The molecule has 1 aromatic rings. The first-order valence-electron chi connectivity index (χ1n) is 9.12. The molecule has 0 aromatic heterocycles. The number of carbonyl (C=O) groups is 2. The van der Waals surface area contributed by atoms with E-state index in [-0.39, 0.29) is 24.8 Å². The smallest absolute Gasteiger partial charge is 0.414 e. The van der Waals surface area contributed by atoms with Gasteiger partial charge in [0.05, 0.1) is 30.5 Å². The van der Waals surface area contributed by atoms with E-state index in [1.165, 1.54) is 17.9 Å². The largest absolute Gasteiger partial charge is 0.442 e. The van der Waals surface area contributed by atoms with Gasteiger partial charge in [0.1, 0.15) is 11.9 Å². The molecular formula is C19H23FN4O3. The molecule has 0 saturated carbocycles. The van der Waals surface area contributed by atoms with Crippen LogP contribution in [-0.2, 0) is 9.53 Å². The molecule has 7 nitrogen and oxygen atoms in total. The highest BCUT2D eigenvalue weighted by atomic mass is 19.1. The molecule has 27 heavy (non-hydrogen) atoms. The summed E-state index contributed by atoms with van der Waals surface area (Å²) in [6.45, 7) is 3.32. The summed E-state index contributed by atoms with van der Waals surface area (Å²) < 4.78 is 19.9. The molecule has 1 atom stereocenters. The van der Waals surface area contributed by atoms with Crippen LogP contribution in [-0.4, -0.2) is 44.3 Å². The third-order valence-corrected chi connectivity index (χ3v) is 5.03. The summed E-state index contributed by atoms with van der Waals surface area (Å²) in [7, 11) is 0. The minimum Gasteiger partial charge on any atom is -0.442 e. The first kappa shape index (κ1) is 19.0. The van der Waals surface area contributed by atoms with Gasteiger partial charge in [-0.15, -0.1) is 0 Å². The predicted molar refractivity (Wildman–Crippen MR) is 97.9 cm³/mol. The third kappa shape index (κ3) is 4.48. The molecule has 1 aromatic carbocycles. The summed E-state index contributed by atoms with van der Waals surface area (Å²) in [6.07, 6.45) is 1.29. The Morgan fingerprint density at radius 1 is 1.41 bits per heavy atom. The second kappa shape index (κ2) is 8.25. The van der Waals surface area contributed by atoms with E-state index >= 15 is 0 Å². The summed E-state index contributed by atoms with van der Waals surface area (Å²) in [5, 5.41) is 11.4. The van der Waals surface area contributed by atoms with Crippen molar-refractivity contribution in [1.82, 2.24) is 5.32 Å². The second-order valence-corrected chi connectivity index (χ2v) is 6.98. The van der Waals surface area contributed by atoms with E-state index in [0.29, 0.717) is 36.8 Å². The van der Waals surface area contributed by atoms with Gasteiger partial charge < -0.3 is 15.0 Å². The number of hydrogen-bond acceptors (Lipinski definition) is 5. The number of anilines is 2. The van der Waals surface area contributed by atoms with Crippen molar-refractivity contribution >= 4 is 23.4 Å². The lowest BCUT2D eigenvalue weighted by atomic mass is 9.94. The van der Waals surface area contributed by atoms with Crippen LogP contribution in [0.3, 0.4) is 0 Å². The molecule has 2 aliphatic heterocycles. The molecule has 144 valence electrons. The SMILES string of the molecule is CC(=O)NC[C@H]1CN(c2ccc(N3CCC(CC#N)CC3)c(F)c2)C(=O)O1. The highest BCUT2D eigenvalue weighted by molar-refractivity contribution is 5.90. The number of amides is 2. The average molecular weight is 374 g/mol. The van der Waals surface area contributed by atoms with Crippen molar-refractivity contribution < 1.29 is 18.7 Å². The molecule has 0 unspecified atom stereocenters. The predicted octanol–water partition coefficient (Wildman–Crippen LogP) is 2.42. The normalized spacial score (nSPS) is 20.3. The van der Waals surface area contributed by atoms with Gasteiger partial charge in [-0.05, 0) is 37.0 Å². The summed E-state index contributed by atoms with van der Waals surface area (Å²) in [6, 6.07) is 6.94. The Kier molecular flexibility index (Phi) is 5.79. The fourth-order valence-electron chi connectivity index (χ4n) is 3.52. The first-order chi connectivity index (χ1) is 13.0. The number of carbonyl (C=O) groups excluding carboxylic acids is 2. The van der Waals surface area contributed by atoms with Gasteiger partial charge in [-0.1, -0.05) is 0 Å². The lowest BCUT2D eigenvalue weighted by Gasteiger charge is -2.33. The van der Waals surface area contributed by atoms with Crippen LogP contribution < -0.4 is 15.1 Å². The molecule has 3 rings (SSSR count). The molecule has 0 spiro atoms. The zero-order valence-electron chi connectivity index (χ0n) is 15.3. The number of nitriles is 1.